The third-order valence-corrected chi connectivity index (χ3v) is 6.06. The number of ether oxygens (including phenoxy) is 3. The average Bonchev–Trinajstić information content (AvgIpc) is 3.23. The Balaban J connectivity index is 1.67. The largest absolute Gasteiger partial charge is 0.504 e. The van der Waals surface area contributed by atoms with E-state index >= 15 is 0 Å². The van der Waals surface area contributed by atoms with Crippen molar-refractivity contribution in [3.8, 4) is 23.0 Å². The molecule has 2 aliphatic rings. The molecule has 0 atom stereocenters. The fourth-order valence-corrected chi connectivity index (χ4v) is 4.53. The van der Waals surface area contributed by atoms with Crippen LogP contribution in [0.15, 0.2) is 39.7 Å². The van der Waals surface area contributed by atoms with Gasteiger partial charge in [0.15, 0.2) is 27.3 Å². The molecule has 9 heteroatoms. The van der Waals surface area contributed by atoms with Crippen LogP contribution < -0.4 is 19.1 Å². The maximum Gasteiger partial charge on any atom is 0.270 e. The fourth-order valence-electron chi connectivity index (χ4n) is 2.80. The van der Waals surface area contributed by atoms with Crippen LogP contribution in [-0.4, -0.2) is 28.7 Å². The molecule has 2 heterocycles. The molecule has 0 unspecified atom stereocenters. The van der Waals surface area contributed by atoms with Gasteiger partial charge in [-0.2, -0.15) is 0 Å². The molecule has 1 N–H and O–H groups in total. The van der Waals surface area contributed by atoms with Gasteiger partial charge in [-0.25, -0.2) is 0 Å². The molecule has 2 aromatic carbocycles. The molecule has 1 saturated heterocycles. The van der Waals surface area contributed by atoms with Crippen LogP contribution in [-0.2, 0) is 4.79 Å². The number of aromatic hydroxyl groups is 1. The molecule has 4 rings (SSSR count). The number of halogens is 1. The van der Waals surface area contributed by atoms with E-state index in [0.717, 1.165) is 0 Å². The number of anilines is 1. The number of amides is 1. The molecule has 2 aromatic rings. The Morgan fingerprint density at radius 1 is 1.32 bits per heavy atom. The van der Waals surface area contributed by atoms with Crippen LogP contribution in [0, 0.1) is 0 Å². The van der Waals surface area contributed by atoms with Crippen LogP contribution in [0.2, 0.25) is 0 Å². The molecule has 1 amide bonds. The molecule has 0 saturated carbocycles. The predicted molar refractivity (Wildman–Crippen MR) is 115 cm³/mol. The van der Waals surface area contributed by atoms with Gasteiger partial charge in [0.25, 0.3) is 5.91 Å². The van der Waals surface area contributed by atoms with Crippen molar-refractivity contribution >= 4 is 61.9 Å². The van der Waals surface area contributed by atoms with Crippen molar-refractivity contribution in [3.05, 3.63) is 45.3 Å². The first-order valence-corrected chi connectivity index (χ1v) is 10.3. The third-order valence-electron chi connectivity index (χ3n) is 4.07. The standard InChI is InChI=1S/C19H14BrNO5S2/c1-2-24-15-5-10(12(20)8-13(15)22)6-17-18(23)21(19(27)28-17)11-3-4-14-16(7-11)26-9-25-14/h3-8,22H,2,9H2,1H3/b17-6+. The Morgan fingerprint density at radius 3 is 2.89 bits per heavy atom. The van der Waals surface area contributed by atoms with Crippen LogP contribution in [0.3, 0.4) is 0 Å². The Morgan fingerprint density at radius 2 is 2.11 bits per heavy atom. The minimum Gasteiger partial charge on any atom is -0.504 e. The molecule has 0 spiro atoms. The quantitative estimate of drug-likeness (QED) is 0.503. The Labute approximate surface area is 179 Å². The van der Waals surface area contributed by atoms with Crippen molar-refractivity contribution in [1.82, 2.24) is 0 Å². The second kappa shape index (κ2) is 7.65. The molecule has 0 aromatic heterocycles. The number of carbonyl (C=O) groups is 1. The third kappa shape index (κ3) is 3.45. The van der Waals surface area contributed by atoms with Gasteiger partial charge in [0.2, 0.25) is 6.79 Å². The molecule has 6 nitrogen and oxygen atoms in total. The zero-order valence-corrected chi connectivity index (χ0v) is 17.8. The van der Waals surface area contributed by atoms with Gasteiger partial charge in [0.1, 0.15) is 0 Å². The number of phenols is 1. The normalized spacial score (nSPS) is 16.9. The van der Waals surface area contributed by atoms with Gasteiger partial charge < -0.3 is 19.3 Å². The lowest BCUT2D eigenvalue weighted by Crippen LogP contribution is -2.27. The number of nitrogens with zero attached hydrogens (tertiary/aromatic N) is 1. The Bertz CT molecular complexity index is 1020. The van der Waals surface area contributed by atoms with Crippen LogP contribution in [0.1, 0.15) is 12.5 Å². The lowest BCUT2D eigenvalue weighted by atomic mass is 10.1. The molecule has 0 radical (unpaired) electrons. The zero-order chi connectivity index (χ0) is 19.8. The van der Waals surface area contributed by atoms with Crippen molar-refractivity contribution in [2.45, 2.75) is 6.92 Å². The number of rotatable bonds is 4. The Hall–Kier alpha value is -2.23. The van der Waals surface area contributed by atoms with E-state index in [-0.39, 0.29) is 18.4 Å². The van der Waals surface area contributed by atoms with Gasteiger partial charge in [-0.1, -0.05) is 39.9 Å². The number of hydrogen-bond donors (Lipinski definition) is 1. The lowest BCUT2D eigenvalue weighted by Gasteiger charge is -2.14. The van der Waals surface area contributed by atoms with Gasteiger partial charge >= 0.3 is 0 Å². The summed E-state index contributed by atoms with van der Waals surface area (Å²) in [6.07, 6.45) is 1.72. The first-order valence-electron chi connectivity index (χ1n) is 8.31. The molecule has 0 aliphatic carbocycles. The summed E-state index contributed by atoms with van der Waals surface area (Å²) >= 11 is 10.0. The second-order valence-corrected chi connectivity index (χ2v) is 8.36. The van der Waals surface area contributed by atoms with E-state index in [2.05, 4.69) is 15.9 Å². The van der Waals surface area contributed by atoms with E-state index in [0.29, 0.717) is 48.8 Å². The van der Waals surface area contributed by atoms with E-state index in [4.69, 9.17) is 26.4 Å². The molecule has 1 fully saturated rings. The van der Waals surface area contributed by atoms with Crippen molar-refractivity contribution in [3.63, 3.8) is 0 Å². The number of hydrogen-bond acceptors (Lipinski definition) is 7. The second-order valence-electron chi connectivity index (χ2n) is 5.83. The monoisotopic (exact) mass is 479 g/mol. The first kappa shape index (κ1) is 19.1. The number of fused-ring (bicyclic) bond motifs is 1. The SMILES string of the molecule is CCOc1cc(/C=C2/SC(=S)N(c3ccc4c(c3)OCO4)C2=O)c(Br)cc1O. The fraction of sp³-hybridized carbons (Fsp3) is 0.158. The summed E-state index contributed by atoms with van der Waals surface area (Å²) in [7, 11) is 0. The van der Waals surface area contributed by atoms with E-state index in [9.17, 15) is 9.90 Å². The van der Waals surface area contributed by atoms with Crippen molar-refractivity contribution in [2.24, 2.45) is 0 Å². The minimum absolute atomic E-state index is 0.0267. The zero-order valence-electron chi connectivity index (χ0n) is 14.6. The summed E-state index contributed by atoms with van der Waals surface area (Å²) in [5, 5.41) is 9.97. The number of benzene rings is 2. The number of thiocarbonyl (C=S) groups is 1. The summed E-state index contributed by atoms with van der Waals surface area (Å²) in [6.45, 7) is 2.41. The summed E-state index contributed by atoms with van der Waals surface area (Å²) in [4.78, 5) is 14.9. The maximum absolute atomic E-state index is 13.0. The first-order chi connectivity index (χ1) is 13.5. The highest BCUT2D eigenvalue weighted by atomic mass is 79.9. The molecular weight excluding hydrogens is 466 g/mol. The van der Waals surface area contributed by atoms with Gasteiger partial charge in [0.05, 0.1) is 17.2 Å². The number of thioether (sulfide) groups is 1. The minimum atomic E-state index is -0.230. The smallest absolute Gasteiger partial charge is 0.270 e. The van der Waals surface area contributed by atoms with Crippen LogP contribution in [0.5, 0.6) is 23.0 Å². The summed E-state index contributed by atoms with van der Waals surface area (Å²) < 4.78 is 17.2. The number of carbonyl (C=O) groups excluding carboxylic acids is 1. The molecule has 144 valence electrons. The van der Waals surface area contributed by atoms with Gasteiger partial charge in [-0.15, -0.1) is 0 Å². The van der Waals surface area contributed by atoms with E-state index in [1.807, 2.05) is 6.92 Å². The summed E-state index contributed by atoms with van der Waals surface area (Å²) in [6, 6.07) is 8.47. The van der Waals surface area contributed by atoms with Crippen molar-refractivity contribution in [2.75, 3.05) is 18.3 Å². The number of phenolic OH excluding ortho intramolecular Hbond substituents is 1. The van der Waals surface area contributed by atoms with E-state index in [1.54, 1.807) is 30.3 Å². The highest BCUT2D eigenvalue weighted by Gasteiger charge is 2.34. The van der Waals surface area contributed by atoms with Crippen LogP contribution in [0.4, 0.5) is 5.69 Å². The highest BCUT2D eigenvalue weighted by molar-refractivity contribution is 9.10. The van der Waals surface area contributed by atoms with Gasteiger partial charge in [-0.05, 0) is 42.8 Å². The van der Waals surface area contributed by atoms with Crippen molar-refractivity contribution < 1.29 is 24.1 Å². The van der Waals surface area contributed by atoms with Crippen LogP contribution in [0.25, 0.3) is 6.08 Å². The van der Waals surface area contributed by atoms with E-state index in [1.165, 1.54) is 22.7 Å². The average molecular weight is 480 g/mol. The Kier molecular flexibility index (Phi) is 5.22. The highest BCUT2D eigenvalue weighted by Crippen LogP contribution is 2.42. The van der Waals surface area contributed by atoms with Crippen molar-refractivity contribution in [1.29, 1.82) is 0 Å². The molecule has 28 heavy (non-hydrogen) atoms. The van der Waals surface area contributed by atoms with E-state index < -0.39 is 0 Å². The molecule has 2 aliphatic heterocycles. The maximum atomic E-state index is 13.0. The summed E-state index contributed by atoms with van der Waals surface area (Å²) in [5.41, 5.74) is 1.32. The predicted octanol–water partition coefficient (Wildman–Crippen LogP) is 4.69. The molecular formula is C19H14BrNO5S2. The van der Waals surface area contributed by atoms with Gasteiger partial charge in [-0.3, -0.25) is 9.69 Å². The van der Waals surface area contributed by atoms with Crippen LogP contribution >= 0.6 is 39.9 Å². The molecule has 0 bridgehead atoms. The summed E-state index contributed by atoms with van der Waals surface area (Å²) in [5.74, 6) is 1.37. The topological polar surface area (TPSA) is 68.2 Å². The van der Waals surface area contributed by atoms with Gasteiger partial charge in [0, 0.05) is 10.5 Å². The lowest BCUT2D eigenvalue weighted by molar-refractivity contribution is -0.113.